The third-order valence-electron chi connectivity index (χ3n) is 3.97. The van der Waals surface area contributed by atoms with Crippen LogP contribution in [0, 0.1) is 0 Å². The summed E-state index contributed by atoms with van der Waals surface area (Å²) in [7, 11) is 0. The van der Waals surface area contributed by atoms with Crippen molar-refractivity contribution in [3.63, 3.8) is 0 Å². The van der Waals surface area contributed by atoms with Gasteiger partial charge in [0.05, 0.1) is 18.4 Å². The largest absolute Gasteiger partial charge is 0.493 e. The number of thiophene rings is 1. The fourth-order valence-corrected chi connectivity index (χ4v) is 4.38. The molecular formula is C16H19N3O3S2. The molecule has 0 radical (unpaired) electrons. The van der Waals surface area contributed by atoms with Gasteiger partial charge in [0.15, 0.2) is 5.16 Å². The minimum absolute atomic E-state index is 0.113. The van der Waals surface area contributed by atoms with Crippen LogP contribution in [0.4, 0.5) is 0 Å². The predicted octanol–water partition coefficient (Wildman–Crippen LogP) is 2.53. The molecule has 1 fully saturated rings. The van der Waals surface area contributed by atoms with Gasteiger partial charge in [-0.2, -0.15) is 4.98 Å². The van der Waals surface area contributed by atoms with Gasteiger partial charge in [-0.05, 0) is 24.3 Å². The number of nitrogens with one attached hydrogen (secondary N) is 1. The zero-order valence-electron chi connectivity index (χ0n) is 13.1. The van der Waals surface area contributed by atoms with Crippen LogP contribution < -0.4 is 10.9 Å². The number of carbonyl (C=O) groups excluding carboxylic acids is 1. The van der Waals surface area contributed by atoms with Crippen molar-refractivity contribution >= 4 is 29.0 Å². The molecule has 0 bridgehead atoms. The first-order chi connectivity index (χ1) is 11.6. The van der Waals surface area contributed by atoms with Crippen LogP contribution in [0.3, 0.4) is 0 Å². The van der Waals surface area contributed by atoms with Gasteiger partial charge in [0.25, 0.3) is 5.56 Å². The van der Waals surface area contributed by atoms with Crippen LogP contribution in [0.15, 0.2) is 33.5 Å². The second-order valence-electron chi connectivity index (χ2n) is 5.69. The van der Waals surface area contributed by atoms with E-state index in [0.29, 0.717) is 11.7 Å². The van der Waals surface area contributed by atoms with Crippen molar-refractivity contribution in [2.75, 3.05) is 5.75 Å². The summed E-state index contributed by atoms with van der Waals surface area (Å²) >= 11 is 2.78. The van der Waals surface area contributed by atoms with Gasteiger partial charge in [-0.3, -0.25) is 14.2 Å². The molecule has 2 aromatic rings. The molecule has 6 nitrogen and oxygen atoms in total. The fourth-order valence-electron chi connectivity index (χ4n) is 2.84. The summed E-state index contributed by atoms with van der Waals surface area (Å²) in [6.07, 6.45) is 4.04. The Balaban J connectivity index is 1.65. The number of aromatic hydroxyl groups is 1. The van der Waals surface area contributed by atoms with Crippen molar-refractivity contribution < 1.29 is 9.90 Å². The lowest BCUT2D eigenvalue weighted by Gasteiger charge is -2.17. The van der Waals surface area contributed by atoms with Crippen molar-refractivity contribution in [3.05, 3.63) is 38.8 Å². The van der Waals surface area contributed by atoms with Crippen LogP contribution in [0.1, 0.15) is 36.6 Å². The molecule has 1 aliphatic rings. The molecule has 0 saturated heterocycles. The smallest absolute Gasteiger partial charge is 0.258 e. The number of nitrogens with zero attached hydrogens (tertiary/aromatic N) is 2. The normalized spacial score (nSPS) is 14.8. The number of rotatable bonds is 6. The number of thioether (sulfide) groups is 1. The Bertz CT molecular complexity index is 752. The first kappa shape index (κ1) is 17.0. The Hall–Kier alpha value is -1.80. The Morgan fingerprint density at radius 1 is 1.46 bits per heavy atom. The van der Waals surface area contributed by atoms with Gasteiger partial charge in [0.1, 0.15) is 0 Å². The van der Waals surface area contributed by atoms with Gasteiger partial charge in [-0.1, -0.05) is 30.7 Å². The maximum atomic E-state index is 12.2. The van der Waals surface area contributed by atoms with Gasteiger partial charge in [-0.25, -0.2) is 0 Å². The van der Waals surface area contributed by atoms with Crippen molar-refractivity contribution in [3.8, 4) is 5.88 Å². The van der Waals surface area contributed by atoms with Crippen LogP contribution in [-0.2, 0) is 11.3 Å². The zero-order valence-corrected chi connectivity index (χ0v) is 14.7. The summed E-state index contributed by atoms with van der Waals surface area (Å²) in [5, 5.41) is 14.8. The van der Waals surface area contributed by atoms with E-state index in [4.69, 9.17) is 0 Å². The quantitative estimate of drug-likeness (QED) is 0.607. The van der Waals surface area contributed by atoms with Crippen LogP contribution in [-0.4, -0.2) is 26.3 Å². The van der Waals surface area contributed by atoms with Crippen molar-refractivity contribution in [1.82, 2.24) is 14.9 Å². The molecule has 1 amide bonds. The summed E-state index contributed by atoms with van der Waals surface area (Å²) in [6.45, 7) is 0.500. The van der Waals surface area contributed by atoms with E-state index >= 15 is 0 Å². The molecule has 2 aromatic heterocycles. The van der Waals surface area contributed by atoms with E-state index in [-0.39, 0.29) is 29.1 Å². The van der Waals surface area contributed by atoms with E-state index in [1.54, 1.807) is 15.9 Å². The molecular weight excluding hydrogens is 346 g/mol. The highest BCUT2D eigenvalue weighted by atomic mass is 32.2. The van der Waals surface area contributed by atoms with E-state index in [1.807, 2.05) is 17.5 Å². The second-order valence-corrected chi connectivity index (χ2v) is 7.66. The molecule has 128 valence electrons. The summed E-state index contributed by atoms with van der Waals surface area (Å²) in [5.41, 5.74) is -0.254. The van der Waals surface area contributed by atoms with Crippen LogP contribution in [0.2, 0.25) is 0 Å². The number of amides is 1. The highest BCUT2D eigenvalue weighted by Crippen LogP contribution is 2.31. The molecule has 3 rings (SSSR count). The van der Waals surface area contributed by atoms with Crippen molar-refractivity contribution in [2.24, 2.45) is 0 Å². The summed E-state index contributed by atoms with van der Waals surface area (Å²) < 4.78 is 1.63. The van der Waals surface area contributed by atoms with E-state index in [9.17, 15) is 14.7 Å². The average molecular weight is 365 g/mol. The van der Waals surface area contributed by atoms with Gasteiger partial charge in [0.2, 0.25) is 11.8 Å². The number of hydrogen-bond donors (Lipinski definition) is 2. The Morgan fingerprint density at radius 3 is 2.96 bits per heavy atom. The van der Waals surface area contributed by atoms with Gasteiger partial charge in [0, 0.05) is 10.9 Å². The molecule has 2 heterocycles. The molecule has 0 atom stereocenters. The Labute approximate surface area is 147 Å². The Kier molecular flexibility index (Phi) is 5.57. The first-order valence-corrected chi connectivity index (χ1v) is 9.74. The highest BCUT2D eigenvalue weighted by molar-refractivity contribution is 7.99. The zero-order chi connectivity index (χ0) is 16.9. The molecule has 0 aliphatic heterocycles. The average Bonchev–Trinajstić information content (AvgIpc) is 3.23. The van der Waals surface area contributed by atoms with E-state index in [1.165, 1.54) is 11.8 Å². The fraction of sp³-hybridized carbons (Fsp3) is 0.438. The predicted molar refractivity (Wildman–Crippen MR) is 94.6 cm³/mol. The Morgan fingerprint density at radius 2 is 2.25 bits per heavy atom. The minimum Gasteiger partial charge on any atom is -0.493 e. The number of carbonyl (C=O) groups is 1. The van der Waals surface area contributed by atoms with Crippen LogP contribution in [0.5, 0.6) is 5.88 Å². The van der Waals surface area contributed by atoms with Crippen molar-refractivity contribution in [1.29, 1.82) is 0 Å². The van der Waals surface area contributed by atoms with Crippen molar-refractivity contribution in [2.45, 2.75) is 43.4 Å². The maximum Gasteiger partial charge on any atom is 0.258 e. The lowest BCUT2D eigenvalue weighted by atomic mass is 10.2. The lowest BCUT2D eigenvalue weighted by molar-refractivity contribution is -0.118. The van der Waals surface area contributed by atoms with Crippen LogP contribution >= 0.6 is 23.1 Å². The van der Waals surface area contributed by atoms with Crippen LogP contribution in [0.25, 0.3) is 0 Å². The molecule has 0 spiro atoms. The molecule has 2 N–H and O–H groups in total. The first-order valence-electron chi connectivity index (χ1n) is 7.88. The van der Waals surface area contributed by atoms with E-state index < -0.39 is 0 Å². The molecule has 0 aromatic carbocycles. The molecule has 0 unspecified atom stereocenters. The summed E-state index contributed by atoms with van der Waals surface area (Å²) in [6, 6.07) is 5.16. The third-order valence-corrected chi connectivity index (χ3v) is 5.80. The van der Waals surface area contributed by atoms with Gasteiger partial charge >= 0.3 is 0 Å². The molecule has 1 saturated carbocycles. The van der Waals surface area contributed by atoms with E-state index in [0.717, 1.165) is 36.6 Å². The number of aromatic nitrogens is 2. The highest BCUT2D eigenvalue weighted by Gasteiger charge is 2.22. The second kappa shape index (κ2) is 7.85. The van der Waals surface area contributed by atoms with Gasteiger partial charge in [-0.15, -0.1) is 11.3 Å². The SMILES string of the molecule is O=C(CSc1nc(O)cc(=O)n1C1CCCC1)NCc1cccs1. The summed E-state index contributed by atoms with van der Waals surface area (Å²) in [4.78, 5) is 29.4. The maximum absolute atomic E-state index is 12.2. The minimum atomic E-state index is -0.296. The third kappa shape index (κ3) is 4.18. The standard InChI is InChI=1S/C16H19N3O3S2/c20-13-8-15(22)19(11-4-1-2-5-11)16(18-13)24-10-14(21)17-9-12-6-3-7-23-12/h3,6-8,11,20H,1-2,4-5,9-10H2,(H,17,21). The monoisotopic (exact) mass is 365 g/mol. The van der Waals surface area contributed by atoms with Gasteiger partial charge < -0.3 is 10.4 Å². The topological polar surface area (TPSA) is 84.2 Å². The molecule has 24 heavy (non-hydrogen) atoms. The molecule has 1 aliphatic carbocycles. The number of hydrogen-bond acceptors (Lipinski definition) is 6. The lowest BCUT2D eigenvalue weighted by Crippen LogP contribution is -2.27. The molecule has 8 heteroatoms. The summed E-state index contributed by atoms with van der Waals surface area (Å²) in [5.74, 6) is -0.256. The van der Waals surface area contributed by atoms with E-state index in [2.05, 4.69) is 10.3 Å².